The fraction of sp³-hybridized carbons (Fsp3) is 0.346. The zero-order chi connectivity index (χ0) is 25.1. The summed E-state index contributed by atoms with van der Waals surface area (Å²) in [4.78, 5) is 27.5. The summed E-state index contributed by atoms with van der Waals surface area (Å²) in [5.74, 6) is 0.892. The van der Waals surface area contributed by atoms with Gasteiger partial charge in [-0.05, 0) is 43.5 Å². The average molecular weight is 524 g/mol. The molecule has 2 aromatic heterocycles. The fourth-order valence-corrected chi connectivity index (χ4v) is 6.27. The first-order valence-electron chi connectivity index (χ1n) is 11.9. The van der Waals surface area contributed by atoms with Crippen molar-refractivity contribution in [3.05, 3.63) is 52.3 Å². The second-order valence-corrected chi connectivity index (χ2v) is 10.6. The Balaban J connectivity index is 1.42. The highest BCUT2D eigenvalue weighted by Crippen LogP contribution is 2.40. The molecule has 3 heterocycles. The quantitative estimate of drug-likeness (QED) is 0.337. The van der Waals surface area contributed by atoms with Crippen LogP contribution in [0.3, 0.4) is 0 Å². The molecular formula is C26H29N5O3S2. The van der Waals surface area contributed by atoms with E-state index in [1.54, 1.807) is 18.4 Å². The number of ether oxygens (including phenoxy) is 2. The summed E-state index contributed by atoms with van der Waals surface area (Å²) in [5.41, 5.74) is 3.39. The Morgan fingerprint density at radius 1 is 1.08 bits per heavy atom. The Morgan fingerprint density at radius 3 is 2.67 bits per heavy atom. The summed E-state index contributed by atoms with van der Waals surface area (Å²) in [6, 6.07) is 8.17. The highest BCUT2D eigenvalue weighted by molar-refractivity contribution is 8.03. The van der Waals surface area contributed by atoms with Crippen molar-refractivity contribution in [3.8, 4) is 5.75 Å². The number of anilines is 3. The molecule has 0 atom stereocenters. The molecule has 2 aliphatic rings. The molecule has 1 aliphatic heterocycles. The maximum atomic E-state index is 12.3. The van der Waals surface area contributed by atoms with E-state index in [4.69, 9.17) is 19.4 Å². The van der Waals surface area contributed by atoms with Gasteiger partial charge in [-0.3, -0.25) is 0 Å². The van der Waals surface area contributed by atoms with Crippen molar-refractivity contribution in [1.29, 1.82) is 0 Å². The molecular weight excluding hydrogens is 494 g/mol. The van der Waals surface area contributed by atoms with E-state index in [0.29, 0.717) is 11.5 Å². The van der Waals surface area contributed by atoms with Crippen LogP contribution in [0.2, 0.25) is 0 Å². The van der Waals surface area contributed by atoms with Crippen LogP contribution in [0.15, 0.2) is 57.3 Å². The van der Waals surface area contributed by atoms with Crippen LogP contribution in [0.4, 0.5) is 17.3 Å². The Labute approximate surface area is 219 Å². The van der Waals surface area contributed by atoms with Gasteiger partial charge in [0.05, 0.1) is 35.7 Å². The Bertz CT molecular complexity index is 1330. The van der Waals surface area contributed by atoms with Crippen LogP contribution in [0.5, 0.6) is 5.75 Å². The lowest BCUT2D eigenvalue weighted by atomic mass is 10.1. The molecule has 1 fully saturated rings. The second kappa shape index (κ2) is 10.9. The van der Waals surface area contributed by atoms with E-state index >= 15 is 0 Å². The number of benzene rings is 1. The number of thioether (sulfide) groups is 1. The molecule has 0 bridgehead atoms. The fourth-order valence-electron chi connectivity index (χ4n) is 4.27. The molecule has 8 nitrogen and oxygen atoms in total. The van der Waals surface area contributed by atoms with Gasteiger partial charge < -0.3 is 24.6 Å². The summed E-state index contributed by atoms with van der Waals surface area (Å²) in [5, 5.41) is 6.16. The number of piperazine rings is 1. The molecule has 0 amide bonds. The predicted molar refractivity (Wildman–Crippen MR) is 147 cm³/mol. The molecule has 1 saturated heterocycles. The average Bonchev–Trinajstić information content (AvgIpc) is 3.38. The van der Waals surface area contributed by atoms with Gasteiger partial charge in [0.2, 0.25) is 5.95 Å². The summed E-state index contributed by atoms with van der Waals surface area (Å²) in [6.45, 7) is 4.06. The summed E-state index contributed by atoms with van der Waals surface area (Å²) in [7, 11) is 5.24. The second-order valence-electron chi connectivity index (χ2n) is 8.64. The number of aromatic nitrogens is 2. The van der Waals surface area contributed by atoms with Crippen molar-refractivity contribution in [2.75, 3.05) is 57.7 Å². The predicted octanol–water partition coefficient (Wildman–Crippen LogP) is 5.06. The summed E-state index contributed by atoms with van der Waals surface area (Å²) >= 11 is 3.06. The number of esters is 1. The minimum Gasteiger partial charge on any atom is -0.494 e. The third kappa shape index (κ3) is 5.21. The van der Waals surface area contributed by atoms with E-state index < -0.39 is 0 Å². The lowest BCUT2D eigenvalue weighted by Gasteiger charge is -2.34. The van der Waals surface area contributed by atoms with E-state index in [1.807, 2.05) is 23.6 Å². The monoisotopic (exact) mass is 523 g/mol. The number of carbonyl (C=O) groups excluding carboxylic acids is 1. The Hall–Kier alpha value is -3.08. The minimum absolute atomic E-state index is 0.326. The molecule has 0 unspecified atom stereocenters. The number of hydrogen-bond donors (Lipinski definition) is 1. The third-order valence-corrected chi connectivity index (χ3v) is 8.43. The van der Waals surface area contributed by atoms with Gasteiger partial charge in [-0.1, -0.05) is 23.9 Å². The maximum Gasteiger partial charge on any atom is 0.338 e. The molecule has 0 radical (unpaired) electrons. The first-order chi connectivity index (χ1) is 17.6. The minimum atomic E-state index is -0.326. The molecule has 0 spiro atoms. The maximum absolute atomic E-state index is 12.3. The molecule has 3 aromatic rings. The van der Waals surface area contributed by atoms with Crippen LogP contribution in [0.25, 0.3) is 10.2 Å². The van der Waals surface area contributed by atoms with Gasteiger partial charge >= 0.3 is 5.97 Å². The van der Waals surface area contributed by atoms with Gasteiger partial charge in [-0.2, -0.15) is 0 Å². The van der Waals surface area contributed by atoms with E-state index in [-0.39, 0.29) is 5.97 Å². The number of nitrogens with zero attached hydrogens (tertiary/aromatic N) is 4. The number of thiophene rings is 1. The van der Waals surface area contributed by atoms with Gasteiger partial charge in [0.15, 0.2) is 0 Å². The number of allylic oxidation sites excluding steroid dienone is 2. The molecule has 5 rings (SSSR count). The zero-order valence-corrected chi connectivity index (χ0v) is 22.2. The standard InChI is InChI=1S/C26H29N5O3S2/c1-30-11-13-31(14-12-30)17-8-9-19(21(16-17)33-2)27-26-28-20-10-15-35-23(20)24(29-26)36-22-7-5-4-6-18(22)25(32)34-3/h6-10,15-16H,4-5,11-14H2,1-3H3,(H,27,28,29). The van der Waals surface area contributed by atoms with Gasteiger partial charge in [0.25, 0.3) is 0 Å². The number of rotatable bonds is 7. The van der Waals surface area contributed by atoms with Crippen molar-refractivity contribution >= 4 is 56.6 Å². The Kier molecular flexibility index (Phi) is 7.45. The van der Waals surface area contributed by atoms with Crippen molar-refractivity contribution in [2.45, 2.75) is 17.9 Å². The first kappa shape index (κ1) is 24.6. The molecule has 1 aliphatic carbocycles. The van der Waals surface area contributed by atoms with E-state index in [1.165, 1.54) is 18.9 Å². The number of nitrogens with one attached hydrogen (secondary N) is 1. The van der Waals surface area contributed by atoms with Gasteiger partial charge in [0, 0.05) is 42.8 Å². The topological polar surface area (TPSA) is 79.8 Å². The zero-order valence-electron chi connectivity index (χ0n) is 20.6. The molecule has 0 saturated carbocycles. The SMILES string of the molecule is COC(=O)C1=CCCC=C1Sc1nc(Nc2ccc(N3CCN(C)CC3)cc2OC)nc2ccsc12. The largest absolute Gasteiger partial charge is 0.494 e. The van der Waals surface area contributed by atoms with Crippen LogP contribution >= 0.6 is 23.1 Å². The smallest absolute Gasteiger partial charge is 0.338 e. The van der Waals surface area contributed by atoms with Crippen molar-refractivity contribution in [1.82, 2.24) is 14.9 Å². The third-order valence-electron chi connectivity index (χ3n) is 6.29. The van der Waals surface area contributed by atoms with Crippen molar-refractivity contribution in [3.63, 3.8) is 0 Å². The number of likely N-dealkylation sites (N-methyl/N-ethyl adjacent to an activating group) is 1. The van der Waals surface area contributed by atoms with Crippen molar-refractivity contribution in [2.24, 2.45) is 0 Å². The highest BCUT2D eigenvalue weighted by atomic mass is 32.2. The molecule has 1 N–H and O–H groups in total. The van der Waals surface area contributed by atoms with Crippen LogP contribution in [0, 0.1) is 0 Å². The van der Waals surface area contributed by atoms with Gasteiger partial charge in [0.1, 0.15) is 10.8 Å². The molecule has 1 aromatic carbocycles. The van der Waals surface area contributed by atoms with Crippen LogP contribution in [-0.4, -0.2) is 68.3 Å². The number of fused-ring (bicyclic) bond motifs is 1. The normalized spacial score (nSPS) is 16.5. The molecule has 10 heteroatoms. The van der Waals surface area contributed by atoms with Crippen LogP contribution in [0.1, 0.15) is 12.8 Å². The lowest BCUT2D eigenvalue weighted by molar-refractivity contribution is -0.135. The molecule has 188 valence electrons. The lowest BCUT2D eigenvalue weighted by Crippen LogP contribution is -2.44. The number of hydrogen-bond acceptors (Lipinski definition) is 10. The molecule has 36 heavy (non-hydrogen) atoms. The van der Waals surface area contributed by atoms with E-state index in [0.717, 1.165) is 76.3 Å². The van der Waals surface area contributed by atoms with Gasteiger partial charge in [-0.25, -0.2) is 14.8 Å². The van der Waals surface area contributed by atoms with E-state index in [9.17, 15) is 4.79 Å². The highest BCUT2D eigenvalue weighted by Gasteiger charge is 2.22. The first-order valence-corrected chi connectivity index (χ1v) is 13.6. The van der Waals surface area contributed by atoms with Crippen molar-refractivity contribution < 1.29 is 14.3 Å². The summed E-state index contributed by atoms with van der Waals surface area (Å²) < 4.78 is 11.7. The van der Waals surface area contributed by atoms with Crippen LogP contribution < -0.4 is 15.0 Å². The number of methoxy groups -OCH3 is 2. The number of carbonyl (C=O) groups is 1. The van der Waals surface area contributed by atoms with E-state index in [2.05, 4.69) is 40.4 Å². The summed E-state index contributed by atoms with van der Waals surface area (Å²) in [6.07, 6.45) is 5.71. The van der Waals surface area contributed by atoms with Gasteiger partial charge in [-0.15, -0.1) is 11.3 Å². The van der Waals surface area contributed by atoms with Crippen LogP contribution in [-0.2, 0) is 9.53 Å². The Morgan fingerprint density at radius 2 is 1.89 bits per heavy atom.